The minimum absolute atomic E-state index is 0.0187. The van der Waals surface area contributed by atoms with Crippen molar-refractivity contribution in [1.82, 2.24) is 10.6 Å². The van der Waals surface area contributed by atoms with Crippen LogP contribution in [0.5, 0.6) is 5.75 Å². The molecule has 2 aromatic carbocycles. The van der Waals surface area contributed by atoms with Crippen molar-refractivity contribution in [2.24, 2.45) is 0 Å². The highest BCUT2D eigenvalue weighted by atomic mass is 16.7. The Morgan fingerprint density at radius 1 is 1.08 bits per heavy atom. The van der Waals surface area contributed by atoms with Crippen LogP contribution in [-0.4, -0.2) is 86.1 Å². The lowest BCUT2D eigenvalue weighted by Gasteiger charge is -2.46. The third-order valence-corrected chi connectivity index (χ3v) is 6.21. The summed E-state index contributed by atoms with van der Waals surface area (Å²) in [7, 11) is 0. The van der Waals surface area contributed by atoms with Gasteiger partial charge in [-0.3, -0.25) is 9.59 Å². The van der Waals surface area contributed by atoms with E-state index in [9.17, 15) is 39.9 Å². The van der Waals surface area contributed by atoms with E-state index in [1.165, 1.54) is 19.1 Å². The fourth-order valence-electron chi connectivity index (χ4n) is 4.25. The van der Waals surface area contributed by atoms with Gasteiger partial charge in [-0.1, -0.05) is 42.5 Å². The Morgan fingerprint density at radius 3 is 2.32 bits per heavy atom. The molecule has 1 amide bonds. The molecule has 206 valence electrons. The molecule has 38 heavy (non-hydrogen) atoms. The highest BCUT2D eigenvalue weighted by molar-refractivity contribution is 5.76. The summed E-state index contributed by atoms with van der Waals surface area (Å²) in [6.07, 6.45) is -5.00. The Bertz CT molecular complexity index is 1100. The minimum Gasteiger partial charge on any atom is -0.508 e. The summed E-state index contributed by atoms with van der Waals surface area (Å²) in [4.78, 5) is 35.9. The maximum absolute atomic E-state index is 12.3. The second-order valence-electron chi connectivity index (χ2n) is 9.15. The predicted molar refractivity (Wildman–Crippen MR) is 132 cm³/mol. The van der Waals surface area contributed by atoms with Crippen LogP contribution in [-0.2, 0) is 36.9 Å². The van der Waals surface area contributed by atoms with Gasteiger partial charge in [0.2, 0.25) is 5.91 Å². The normalized spacial score (nSPS) is 24.8. The van der Waals surface area contributed by atoms with E-state index in [0.29, 0.717) is 11.1 Å². The number of ether oxygens (including phenoxy) is 2. The molecule has 12 heteroatoms. The van der Waals surface area contributed by atoms with Crippen molar-refractivity contribution in [2.45, 2.75) is 62.6 Å². The van der Waals surface area contributed by atoms with E-state index >= 15 is 0 Å². The molecule has 0 bridgehead atoms. The molecule has 6 atom stereocenters. The van der Waals surface area contributed by atoms with Gasteiger partial charge in [0.15, 0.2) is 0 Å². The van der Waals surface area contributed by atoms with Gasteiger partial charge in [-0.25, -0.2) is 4.79 Å². The average molecular weight is 533 g/mol. The number of carboxylic acids is 2. The molecule has 0 saturated carbocycles. The SMILES string of the molecule is CC(=O)NC1C(O)CC(OCc2ccccc2)(C(=O)O)OC1[C@H](O)CNC(Cc1ccc(O)cc1)C(=O)O. The van der Waals surface area contributed by atoms with Crippen molar-refractivity contribution in [2.75, 3.05) is 6.54 Å². The molecule has 12 nitrogen and oxygen atoms in total. The Balaban J connectivity index is 1.78. The van der Waals surface area contributed by atoms with Gasteiger partial charge in [0.05, 0.1) is 24.9 Å². The van der Waals surface area contributed by atoms with Crippen LogP contribution in [0.2, 0.25) is 0 Å². The van der Waals surface area contributed by atoms with Crippen LogP contribution in [0.25, 0.3) is 0 Å². The van der Waals surface area contributed by atoms with Crippen molar-refractivity contribution in [3.63, 3.8) is 0 Å². The minimum atomic E-state index is -2.34. The predicted octanol–water partition coefficient (Wildman–Crippen LogP) is -0.00940. The van der Waals surface area contributed by atoms with Crippen molar-refractivity contribution in [1.29, 1.82) is 0 Å². The maximum atomic E-state index is 12.3. The number of nitrogens with one attached hydrogen (secondary N) is 2. The number of phenols is 1. The van der Waals surface area contributed by atoms with Gasteiger partial charge in [-0.2, -0.15) is 0 Å². The number of rotatable bonds is 12. The second-order valence-corrected chi connectivity index (χ2v) is 9.15. The number of aliphatic carboxylic acids is 2. The molecule has 5 unspecified atom stereocenters. The zero-order valence-corrected chi connectivity index (χ0v) is 20.7. The summed E-state index contributed by atoms with van der Waals surface area (Å²) >= 11 is 0. The zero-order valence-electron chi connectivity index (χ0n) is 20.7. The van der Waals surface area contributed by atoms with E-state index in [0.717, 1.165) is 0 Å². The van der Waals surface area contributed by atoms with E-state index in [2.05, 4.69) is 10.6 Å². The summed E-state index contributed by atoms with van der Waals surface area (Å²) in [5.74, 6) is -5.60. The molecule has 2 aromatic rings. The van der Waals surface area contributed by atoms with Gasteiger partial charge in [-0.05, 0) is 29.7 Å². The number of amides is 1. The van der Waals surface area contributed by atoms with Gasteiger partial charge >= 0.3 is 11.9 Å². The lowest BCUT2D eigenvalue weighted by Crippen LogP contribution is -2.67. The Kier molecular flexibility index (Phi) is 9.78. The smallest absolute Gasteiger partial charge is 0.364 e. The molecule has 7 N–H and O–H groups in total. The third-order valence-electron chi connectivity index (χ3n) is 6.21. The first kappa shape index (κ1) is 29.0. The van der Waals surface area contributed by atoms with Crippen LogP contribution in [0.3, 0.4) is 0 Å². The van der Waals surface area contributed by atoms with E-state index in [1.807, 2.05) is 0 Å². The maximum Gasteiger partial charge on any atom is 0.364 e. The molecule has 0 radical (unpaired) electrons. The number of carbonyl (C=O) groups excluding carboxylic acids is 1. The zero-order chi connectivity index (χ0) is 27.9. The lowest BCUT2D eigenvalue weighted by atomic mass is 9.89. The fraction of sp³-hybridized carbons (Fsp3) is 0.423. The van der Waals surface area contributed by atoms with Gasteiger partial charge < -0.3 is 45.6 Å². The standard InChI is InChI=1S/C26H32N2O10/c1-15(29)28-22-20(31)12-26(25(35)36,37-14-17-5-3-2-4-6-17)38-23(22)21(32)13-27-19(24(33)34)11-16-7-9-18(30)10-8-16/h2-10,19-23,27,30-32H,11-14H2,1H3,(H,28,29)(H,33,34)(H,35,36)/t19?,20?,21-,22?,23?,26?/m1/s1. The van der Waals surface area contributed by atoms with Crippen LogP contribution in [0.15, 0.2) is 54.6 Å². The molecule has 0 spiro atoms. The monoisotopic (exact) mass is 532 g/mol. The number of aliphatic hydroxyl groups excluding tert-OH is 2. The highest BCUT2D eigenvalue weighted by Gasteiger charge is 2.55. The van der Waals surface area contributed by atoms with Gasteiger partial charge in [0.1, 0.15) is 17.9 Å². The first-order valence-corrected chi connectivity index (χ1v) is 12.0. The number of benzene rings is 2. The largest absolute Gasteiger partial charge is 0.508 e. The molecular weight excluding hydrogens is 500 g/mol. The average Bonchev–Trinajstić information content (AvgIpc) is 2.87. The summed E-state index contributed by atoms with van der Waals surface area (Å²) in [6, 6.07) is 12.3. The number of phenolic OH excluding ortho intramolecular Hbond substituents is 1. The van der Waals surface area contributed by atoms with Gasteiger partial charge in [0.25, 0.3) is 5.79 Å². The van der Waals surface area contributed by atoms with Crippen LogP contribution >= 0.6 is 0 Å². The molecule has 1 aliphatic rings. The topological polar surface area (TPSA) is 195 Å². The molecular formula is C26H32N2O10. The first-order chi connectivity index (χ1) is 18.0. The molecule has 1 heterocycles. The van der Waals surface area contributed by atoms with Gasteiger partial charge in [-0.15, -0.1) is 0 Å². The van der Waals surface area contributed by atoms with Crippen LogP contribution in [0, 0.1) is 0 Å². The first-order valence-electron chi connectivity index (χ1n) is 12.0. The Labute approximate surface area is 218 Å². The van der Waals surface area contributed by atoms with E-state index in [1.54, 1.807) is 42.5 Å². The van der Waals surface area contributed by atoms with Gasteiger partial charge in [0, 0.05) is 19.9 Å². The summed E-state index contributed by atoms with van der Waals surface area (Å²) < 4.78 is 11.4. The van der Waals surface area contributed by atoms with Crippen LogP contribution in [0.1, 0.15) is 24.5 Å². The van der Waals surface area contributed by atoms with Crippen molar-refractivity contribution in [3.05, 3.63) is 65.7 Å². The Morgan fingerprint density at radius 2 is 1.74 bits per heavy atom. The summed E-state index contributed by atoms with van der Waals surface area (Å²) in [5, 5.41) is 56.0. The highest BCUT2D eigenvalue weighted by Crippen LogP contribution is 2.33. The number of carboxylic acid groups (broad SMARTS) is 2. The summed E-state index contributed by atoms with van der Waals surface area (Å²) in [5.41, 5.74) is 1.25. The molecule has 0 aromatic heterocycles. The second kappa shape index (κ2) is 12.8. The number of hydrogen-bond donors (Lipinski definition) is 7. The molecule has 1 saturated heterocycles. The van der Waals surface area contributed by atoms with Crippen molar-refractivity contribution in [3.8, 4) is 5.75 Å². The fourth-order valence-corrected chi connectivity index (χ4v) is 4.25. The molecule has 0 aliphatic carbocycles. The number of aromatic hydroxyl groups is 1. The van der Waals surface area contributed by atoms with E-state index in [4.69, 9.17) is 9.47 Å². The number of hydrogen-bond acceptors (Lipinski definition) is 9. The quantitative estimate of drug-likeness (QED) is 0.194. The molecule has 1 aliphatic heterocycles. The van der Waals surface area contributed by atoms with Crippen molar-refractivity contribution >= 4 is 17.8 Å². The third kappa shape index (κ3) is 7.49. The molecule has 1 fully saturated rings. The van der Waals surface area contributed by atoms with E-state index in [-0.39, 0.29) is 25.3 Å². The Hall–Kier alpha value is -3.55. The summed E-state index contributed by atoms with van der Waals surface area (Å²) in [6.45, 7) is 0.647. The van der Waals surface area contributed by atoms with Crippen LogP contribution < -0.4 is 10.6 Å². The van der Waals surface area contributed by atoms with Crippen LogP contribution in [0.4, 0.5) is 0 Å². The number of aliphatic hydroxyl groups is 2. The van der Waals surface area contributed by atoms with E-state index < -0.39 is 60.4 Å². The van der Waals surface area contributed by atoms with Crippen molar-refractivity contribution < 1.29 is 49.4 Å². The molecule has 3 rings (SSSR count). The number of carbonyl (C=O) groups is 3. The lowest BCUT2D eigenvalue weighted by molar-refractivity contribution is -0.309.